The van der Waals surface area contributed by atoms with E-state index in [0.29, 0.717) is 19.5 Å². The number of carbonyl (C=O) groups excluding carboxylic acids is 3. The van der Waals surface area contributed by atoms with Gasteiger partial charge in [0.25, 0.3) is 0 Å². The summed E-state index contributed by atoms with van der Waals surface area (Å²) in [6.45, 7) is 0.948. The molecule has 4 rings (SSSR count). The topological polar surface area (TPSA) is 78.5 Å². The number of nitrogens with one attached hydrogen (secondary N) is 2. The Kier molecular flexibility index (Phi) is 7.20. The molecular weight excluding hydrogens is 402 g/mol. The molecule has 1 heterocycles. The molecule has 2 atom stereocenters. The maximum Gasteiger partial charge on any atom is 0.250 e. The highest BCUT2D eigenvalue weighted by Crippen LogP contribution is 2.28. The van der Waals surface area contributed by atoms with Crippen LogP contribution in [0.1, 0.15) is 55.7 Å². The summed E-state index contributed by atoms with van der Waals surface area (Å²) in [6.07, 6.45) is 5.25. The molecule has 0 unspecified atom stereocenters. The number of carbonyl (C=O) groups is 3. The lowest BCUT2D eigenvalue weighted by Crippen LogP contribution is -2.50. The first-order valence-corrected chi connectivity index (χ1v) is 11.6. The SMILES string of the molecule is O=C(N[C@H](C(=O)N1CCC[C@H]1C(=O)NCc1ccccc1)c1ccccc1)C1CCCC1. The van der Waals surface area contributed by atoms with E-state index in [9.17, 15) is 14.4 Å². The number of hydrogen-bond acceptors (Lipinski definition) is 3. The predicted molar refractivity (Wildman–Crippen MR) is 122 cm³/mol. The zero-order valence-electron chi connectivity index (χ0n) is 18.3. The average molecular weight is 434 g/mol. The van der Waals surface area contributed by atoms with E-state index in [4.69, 9.17) is 0 Å². The van der Waals surface area contributed by atoms with Gasteiger partial charge in [-0.05, 0) is 36.8 Å². The van der Waals surface area contributed by atoms with Crippen molar-refractivity contribution in [3.63, 3.8) is 0 Å². The Balaban J connectivity index is 1.47. The molecule has 3 amide bonds. The third-order valence-corrected chi connectivity index (χ3v) is 6.54. The molecular formula is C26H31N3O3. The molecule has 2 N–H and O–H groups in total. The first-order chi connectivity index (χ1) is 15.6. The van der Waals surface area contributed by atoms with Crippen LogP contribution in [-0.2, 0) is 20.9 Å². The molecule has 1 saturated carbocycles. The number of hydrogen-bond donors (Lipinski definition) is 2. The van der Waals surface area contributed by atoms with Gasteiger partial charge in [-0.2, -0.15) is 0 Å². The van der Waals surface area contributed by atoms with Crippen LogP contribution in [0.5, 0.6) is 0 Å². The third-order valence-electron chi connectivity index (χ3n) is 6.54. The molecule has 1 saturated heterocycles. The standard InChI is InChI=1S/C26H31N3O3/c30-24(21-14-7-8-15-21)28-23(20-12-5-2-6-13-20)26(32)29-17-9-16-22(29)25(31)27-18-19-10-3-1-4-11-19/h1-6,10-13,21-23H,7-9,14-18H2,(H,27,31)(H,28,30)/t22-,23-/m0/s1. The summed E-state index contributed by atoms with van der Waals surface area (Å²) in [5.74, 6) is -0.444. The van der Waals surface area contributed by atoms with E-state index in [1.165, 1.54) is 0 Å². The Morgan fingerprint density at radius 1 is 0.844 bits per heavy atom. The Morgan fingerprint density at radius 2 is 1.50 bits per heavy atom. The highest BCUT2D eigenvalue weighted by Gasteiger charge is 2.38. The first kappa shape index (κ1) is 22.1. The monoisotopic (exact) mass is 433 g/mol. The van der Waals surface area contributed by atoms with Crippen LogP contribution in [0.4, 0.5) is 0 Å². The fourth-order valence-corrected chi connectivity index (χ4v) is 4.75. The minimum atomic E-state index is -0.771. The van der Waals surface area contributed by atoms with Gasteiger partial charge >= 0.3 is 0 Å². The fourth-order valence-electron chi connectivity index (χ4n) is 4.75. The summed E-state index contributed by atoms with van der Waals surface area (Å²) in [6, 6.07) is 17.8. The van der Waals surface area contributed by atoms with E-state index in [-0.39, 0.29) is 23.6 Å². The van der Waals surface area contributed by atoms with Gasteiger partial charge in [-0.3, -0.25) is 14.4 Å². The van der Waals surface area contributed by atoms with E-state index >= 15 is 0 Å². The second-order valence-electron chi connectivity index (χ2n) is 8.73. The molecule has 0 bridgehead atoms. The van der Waals surface area contributed by atoms with Crippen molar-refractivity contribution >= 4 is 17.7 Å². The maximum atomic E-state index is 13.6. The molecule has 0 radical (unpaired) electrons. The smallest absolute Gasteiger partial charge is 0.250 e. The van der Waals surface area contributed by atoms with Gasteiger partial charge in [0.2, 0.25) is 17.7 Å². The molecule has 168 valence electrons. The van der Waals surface area contributed by atoms with Gasteiger partial charge < -0.3 is 15.5 Å². The summed E-state index contributed by atoms with van der Waals surface area (Å²) in [5.41, 5.74) is 1.77. The second-order valence-corrected chi connectivity index (χ2v) is 8.73. The molecule has 2 aromatic carbocycles. The molecule has 0 spiro atoms. The van der Waals surface area contributed by atoms with Gasteiger partial charge in [0.05, 0.1) is 0 Å². The van der Waals surface area contributed by atoms with E-state index in [2.05, 4.69) is 10.6 Å². The molecule has 2 fully saturated rings. The Morgan fingerprint density at radius 3 is 2.19 bits per heavy atom. The number of benzene rings is 2. The van der Waals surface area contributed by atoms with Crippen molar-refractivity contribution in [2.24, 2.45) is 5.92 Å². The van der Waals surface area contributed by atoms with Gasteiger partial charge in [-0.25, -0.2) is 0 Å². The van der Waals surface area contributed by atoms with Crippen LogP contribution in [0.2, 0.25) is 0 Å². The lowest BCUT2D eigenvalue weighted by molar-refractivity contribution is -0.142. The van der Waals surface area contributed by atoms with E-state index in [1.807, 2.05) is 60.7 Å². The van der Waals surface area contributed by atoms with Crippen LogP contribution in [0.3, 0.4) is 0 Å². The summed E-state index contributed by atoms with van der Waals surface area (Å²) >= 11 is 0. The van der Waals surface area contributed by atoms with Gasteiger partial charge in [-0.15, -0.1) is 0 Å². The zero-order valence-corrected chi connectivity index (χ0v) is 18.3. The van der Waals surface area contributed by atoms with Crippen LogP contribution >= 0.6 is 0 Å². The molecule has 6 heteroatoms. The number of amides is 3. The van der Waals surface area contributed by atoms with Crippen LogP contribution in [0, 0.1) is 5.92 Å². The maximum absolute atomic E-state index is 13.6. The molecule has 1 aliphatic carbocycles. The number of rotatable bonds is 7. The Hall–Kier alpha value is -3.15. The van der Waals surface area contributed by atoms with Crippen LogP contribution in [0.15, 0.2) is 60.7 Å². The Bertz CT molecular complexity index is 926. The van der Waals surface area contributed by atoms with Crippen molar-refractivity contribution in [2.45, 2.75) is 57.2 Å². The summed E-state index contributed by atoms with van der Waals surface area (Å²) < 4.78 is 0. The lowest BCUT2D eigenvalue weighted by Gasteiger charge is -2.29. The minimum Gasteiger partial charge on any atom is -0.350 e. The van der Waals surface area contributed by atoms with Crippen molar-refractivity contribution in [1.82, 2.24) is 15.5 Å². The number of likely N-dealkylation sites (tertiary alicyclic amines) is 1. The van der Waals surface area contributed by atoms with E-state index in [1.54, 1.807) is 4.90 Å². The lowest BCUT2D eigenvalue weighted by atomic mass is 10.0. The average Bonchev–Trinajstić information content (AvgIpc) is 3.54. The summed E-state index contributed by atoms with van der Waals surface area (Å²) in [7, 11) is 0. The molecule has 1 aliphatic heterocycles. The first-order valence-electron chi connectivity index (χ1n) is 11.6. The van der Waals surface area contributed by atoms with Crippen molar-refractivity contribution in [1.29, 1.82) is 0 Å². The molecule has 6 nitrogen and oxygen atoms in total. The summed E-state index contributed by atoms with van der Waals surface area (Å²) in [4.78, 5) is 41.1. The quantitative estimate of drug-likeness (QED) is 0.703. The van der Waals surface area contributed by atoms with Crippen molar-refractivity contribution < 1.29 is 14.4 Å². The van der Waals surface area contributed by atoms with Crippen LogP contribution < -0.4 is 10.6 Å². The van der Waals surface area contributed by atoms with Gasteiger partial charge in [0, 0.05) is 19.0 Å². The fraction of sp³-hybridized carbons (Fsp3) is 0.423. The van der Waals surface area contributed by atoms with Gasteiger partial charge in [0.1, 0.15) is 12.1 Å². The highest BCUT2D eigenvalue weighted by molar-refractivity contribution is 5.93. The minimum absolute atomic E-state index is 0.0300. The Labute approximate surface area is 189 Å². The van der Waals surface area contributed by atoms with Crippen LogP contribution in [-0.4, -0.2) is 35.2 Å². The van der Waals surface area contributed by atoms with Crippen molar-refractivity contribution in [2.75, 3.05) is 6.54 Å². The van der Waals surface area contributed by atoms with Gasteiger partial charge in [-0.1, -0.05) is 73.5 Å². The van der Waals surface area contributed by atoms with Crippen LogP contribution in [0.25, 0.3) is 0 Å². The normalized spacial score (nSPS) is 19.5. The largest absolute Gasteiger partial charge is 0.350 e. The summed E-state index contributed by atoms with van der Waals surface area (Å²) in [5, 5.41) is 5.98. The molecule has 32 heavy (non-hydrogen) atoms. The van der Waals surface area contributed by atoms with Gasteiger partial charge in [0.15, 0.2) is 0 Å². The van der Waals surface area contributed by atoms with Crippen molar-refractivity contribution in [3.05, 3.63) is 71.8 Å². The second kappa shape index (κ2) is 10.4. The molecule has 0 aromatic heterocycles. The molecule has 2 aromatic rings. The van der Waals surface area contributed by atoms with Crippen molar-refractivity contribution in [3.8, 4) is 0 Å². The third kappa shape index (κ3) is 5.18. The molecule has 2 aliphatic rings. The zero-order chi connectivity index (χ0) is 22.3. The van der Waals surface area contributed by atoms with E-state index in [0.717, 1.165) is 43.2 Å². The number of nitrogens with zero attached hydrogens (tertiary/aromatic N) is 1. The predicted octanol–water partition coefficient (Wildman–Crippen LogP) is 3.34. The van der Waals surface area contributed by atoms with E-state index < -0.39 is 12.1 Å². The highest BCUT2D eigenvalue weighted by atomic mass is 16.2.